The average molecular weight is 391 g/mol. The number of aromatic nitrogens is 3. The van der Waals surface area contributed by atoms with Crippen LogP contribution in [0.2, 0.25) is 10.0 Å². The normalized spacial score (nSPS) is 10.8. The fraction of sp³-hybridized carbons (Fsp3) is 0.167. The molecule has 0 atom stereocenters. The van der Waals surface area contributed by atoms with Crippen molar-refractivity contribution in [2.75, 3.05) is 13.2 Å². The van der Waals surface area contributed by atoms with Gasteiger partial charge in [-0.05, 0) is 48.9 Å². The fourth-order valence-corrected chi connectivity index (χ4v) is 2.71. The van der Waals surface area contributed by atoms with Crippen molar-refractivity contribution >= 4 is 29.1 Å². The first kappa shape index (κ1) is 18.4. The van der Waals surface area contributed by atoms with E-state index in [1.807, 2.05) is 13.0 Å². The van der Waals surface area contributed by atoms with Crippen molar-refractivity contribution in [2.24, 2.45) is 0 Å². The molecule has 8 heteroatoms. The topological polar surface area (TPSA) is 80.0 Å². The Kier molecular flexibility index (Phi) is 5.56. The molecule has 134 valence electrons. The van der Waals surface area contributed by atoms with Gasteiger partial charge in [0.1, 0.15) is 0 Å². The minimum absolute atomic E-state index is 0.00257. The third-order valence-corrected chi connectivity index (χ3v) is 4.20. The molecule has 0 saturated heterocycles. The van der Waals surface area contributed by atoms with E-state index < -0.39 is 5.91 Å². The number of aliphatic hydroxyl groups excluding tert-OH is 1. The second-order valence-electron chi connectivity index (χ2n) is 5.59. The Hall–Kier alpha value is -2.41. The Bertz CT molecular complexity index is 939. The molecule has 0 bridgehead atoms. The van der Waals surface area contributed by atoms with Gasteiger partial charge in [0.15, 0.2) is 5.82 Å². The number of aryl methyl sites for hydroxylation is 1. The summed E-state index contributed by atoms with van der Waals surface area (Å²) in [7, 11) is 0. The first-order valence-electron chi connectivity index (χ1n) is 7.88. The van der Waals surface area contributed by atoms with Crippen molar-refractivity contribution in [1.29, 1.82) is 0 Å². The van der Waals surface area contributed by atoms with Crippen molar-refractivity contribution < 1.29 is 9.90 Å². The molecule has 0 aliphatic carbocycles. The van der Waals surface area contributed by atoms with Crippen LogP contribution in [0.25, 0.3) is 17.1 Å². The molecular formula is C18H16Cl2N4O2. The van der Waals surface area contributed by atoms with Gasteiger partial charge in [0.05, 0.1) is 12.3 Å². The van der Waals surface area contributed by atoms with Crippen LogP contribution in [-0.4, -0.2) is 38.9 Å². The van der Waals surface area contributed by atoms with E-state index in [-0.39, 0.29) is 19.0 Å². The number of rotatable bonds is 5. The van der Waals surface area contributed by atoms with Crippen LogP contribution in [0.3, 0.4) is 0 Å². The highest BCUT2D eigenvalue weighted by Crippen LogP contribution is 2.26. The van der Waals surface area contributed by atoms with Crippen LogP contribution in [0.4, 0.5) is 0 Å². The molecule has 0 aliphatic heterocycles. The summed E-state index contributed by atoms with van der Waals surface area (Å²) < 4.78 is 1.58. The smallest absolute Gasteiger partial charge is 0.291 e. The molecule has 26 heavy (non-hydrogen) atoms. The number of halogens is 2. The zero-order chi connectivity index (χ0) is 18.7. The van der Waals surface area contributed by atoms with Gasteiger partial charge in [-0.2, -0.15) is 0 Å². The van der Waals surface area contributed by atoms with Crippen LogP contribution in [0.1, 0.15) is 16.2 Å². The van der Waals surface area contributed by atoms with E-state index in [4.69, 9.17) is 28.3 Å². The van der Waals surface area contributed by atoms with E-state index in [0.29, 0.717) is 15.9 Å². The first-order chi connectivity index (χ1) is 12.5. The van der Waals surface area contributed by atoms with Gasteiger partial charge < -0.3 is 10.4 Å². The van der Waals surface area contributed by atoms with E-state index in [2.05, 4.69) is 15.4 Å². The monoisotopic (exact) mass is 390 g/mol. The summed E-state index contributed by atoms with van der Waals surface area (Å²) >= 11 is 12.1. The molecule has 3 rings (SSSR count). The summed E-state index contributed by atoms with van der Waals surface area (Å²) in [6.45, 7) is 1.88. The lowest BCUT2D eigenvalue weighted by molar-refractivity contribution is 0.0934. The molecular weight excluding hydrogens is 375 g/mol. The van der Waals surface area contributed by atoms with Gasteiger partial charge in [-0.3, -0.25) is 4.79 Å². The van der Waals surface area contributed by atoms with E-state index in [0.717, 1.165) is 16.8 Å². The minimum atomic E-state index is -0.465. The maximum Gasteiger partial charge on any atom is 0.291 e. The lowest BCUT2D eigenvalue weighted by Gasteiger charge is -2.09. The largest absolute Gasteiger partial charge is 0.395 e. The predicted molar refractivity (Wildman–Crippen MR) is 101 cm³/mol. The molecule has 6 nitrogen and oxygen atoms in total. The fourth-order valence-electron chi connectivity index (χ4n) is 2.42. The van der Waals surface area contributed by atoms with Gasteiger partial charge in [-0.15, -0.1) is 5.10 Å². The van der Waals surface area contributed by atoms with Crippen LogP contribution >= 0.6 is 23.2 Å². The van der Waals surface area contributed by atoms with Crippen LogP contribution in [0.5, 0.6) is 0 Å². The Morgan fingerprint density at radius 1 is 1.15 bits per heavy atom. The molecule has 0 unspecified atom stereocenters. The summed E-state index contributed by atoms with van der Waals surface area (Å²) in [5, 5.41) is 16.9. The lowest BCUT2D eigenvalue weighted by atomic mass is 10.2. The Labute approximate surface area is 160 Å². The molecule has 2 aromatic carbocycles. The van der Waals surface area contributed by atoms with Gasteiger partial charge >= 0.3 is 0 Å². The molecule has 0 fully saturated rings. The second-order valence-corrected chi connectivity index (χ2v) is 6.46. The number of hydrogen-bond acceptors (Lipinski definition) is 4. The Balaban J connectivity index is 2.14. The van der Waals surface area contributed by atoms with Crippen LogP contribution in [-0.2, 0) is 0 Å². The minimum Gasteiger partial charge on any atom is -0.395 e. The first-order valence-corrected chi connectivity index (χ1v) is 8.64. The van der Waals surface area contributed by atoms with E-state index in [1.54, 1.807) is 41.1 Å². The number of carbonyl (C=O) groups excluding carboxylic acids is 1. The molecule has 3 aromatic rings. The van der Waals surface area contributed by atoms with Crippen molar-refractivity contribution in [3.05, 3.63) is 63.9 Å². The number of nitrogens with one attached hydrogen (secondary N) is 1. The molecule has 1 heterocycles. The van der Waals surface area contributed by atoms with Crippen LogP contribution in [0.15, 0.2) is 42.5 Å². The highest BCUT2D eigenvalue weighted by atomic mass is 35.5. The molecule has 2 N–H and O–H groups in total. The van der Waals surface area contributed by atoms with Gasteiger partial charge in [-0.25, -0.2) is 9.67 Å². The van der Waals surface area contributed by atoms with Crippen molar-refractivity contribution in [2.45, 2.75) is 6.92 Å². The molecule has 0 radical (unpaired) electrons. The predicted octanol–water partition coefficient (Wildman–Crippen LogP) is 3.27. The molecule has 0 spiro atoms. The molecule has 0 aliphatic rings. The Morgan fingerprint density at radius 2 is 1.85 bits per heavy atom. The van der Waals surface area contributed by atoms with E-state index in [1.165, 1.54) is 0 Å². The highest BCUT2D eigenvalue weighted by molar-refractivity contribution is 6.31. The number of nitrogens with zero attached hydrogens (tertiary/aromatic N) is 3. The second kappa shape index (κ2) is 7.86. The van der Waals surface area contributed by atoms with Gasteiger partial charge in [0.2, 0.25) is 5.82 Å². The lowest BCUT2D eigenvalue weighted by Crippen LogP contribution is -2.27. The highest BCUT2D eigenvalue weighted by Gasteiger charge is 2.19. The maximum atomic E-state index is 12.2. The van der Waals surface area contributed by atoms with E-state index >= 15 is 0 Å². The molecule has 1 aromatic heterocycles. The van der Waals surface area contributed by atoms with Gasteiger partial charge in [0, 0.05) is 22.2 Å². The third kappa shape index (κ3) is 3.88. The van der Waals surface area contributed by atoms with Gasteiger partial charge in [0.25, 0.3) is 5.91 Å². The summed E-state index contributed by atoms with van der Waals surface area (Å²) in [5.74, 6) is 0.0247. The van der Waals surface area contributed by atoms with Crippen LogP contribution < -0.4 is 5.32 Å². The van der Waals surface area contributed by atoms with Crippen molar-refractivity contribution in [1.82, 2.24) is 20.1 Å². The number of hydrogen-bond donors (Lipinski definition) is 2. The molecule has 1 amide bonds. The Morgan fingerprint density at radius 3 is 2.54 bits per heavy atom. The van der Waals surface area contributed by atoms with Crippen LogP contribution in [0, 0.1) is 6.92 Å². The van der Waals surface area contributed by atoms with E-state index in [9.17, 15) is 4.79 Å². The molecule has 0 saturated carbocycles. The average Bonchev–Trinajstić information content (AvgIpc) is 3.07. The standard InChI is InChI=1S/C18H16Cl2N4O2/c1-11-2-5-14(20)10-15(11)24-17(12-3-6-13(19)7-4-12)22-16(23-24)18(26)21-8-9-25/h2-7,10,25H,8-9H2,1H3,(H,21,26). The number of amides is 1. The number of carbonyl (C=O) groups is 1. The summed E-state index contributed by atoms with van der Waals surface area (Å²) in [6.07, 6.45) is 0. The summed E-state index contributed by atoms with van der Waals surface area (Å²) in [6, 6.07) is 12.5. The van der Waals surface area contributed by atoms with Crippen molar-refractivity contribution in [3.8, 4) is 17.1 Å². The zero-order valence-electron chi connectivity index (χ0n) is 13.9. The summed E-state index contributed by atoms with van der Waals surface area (Å²) in [4.78, 5) is 16.6. The number of benzene rings is 2. The maximum absolute atomic E-state index is 12.2. The zero-order valence-corrected chi connectivity index (χ0v) is 15.4. The number of aliphatic hydroxyl groups is 1. The summed E-state index contributed by atoms with van der Waals surface area (Å²) in [5.41, 5.74) is 2.40. The quantitative estimate of drug-likeness (QED) is 0.700. The SMILES string of the molecule is Cc1ccc(Cl)cc1-n1nc(C(=O)NCCO)nc1-c1ccc(Cl)cc1. The van der Waals surface area contributed by atoms with Crippen molar-refractivity contribution in [3.63, 3.8) is 0 Å². The van der Waals surface area contributed by atoms with Gasteiger partial charge in [-0.1, -0.05) is 29.3 Å². The third-order valence-electron chi connectivity index (χ3n) is 3.71.